The fourth-order valence-electron chi connectivity index (χ4n) is 2.98. The van der Waals surface area contributed by atoms with E-state index in [4.69, 9.17) is 28.0 Å². The Labute approximate surface area is 170 Å². The van der Waals surface area contributed by atoms with Gasteiger partial charge in [-0.15, -0.1) is 0 Å². The van der Waals surface area contributed by atoms with Crippen molar-refractivity contribution in [2.45, 2.75) is 0 Å². The summed E-state index contributed by atoms with van der Waals surface area (Å²) in [5, 5.41) is 6.98. The van der Waals surface area contributed by atoms with Crippen molar-refractivity contribution in [1.82, 2.24) is 0 Å². The first-order valence-corrected chi connectivity index (χ1v) is 9.05. The number of halogens is 2. The molecule has 0 aromatic heterocycles. The topological polar surface area (TPSA) is 67.8 Å². The van der Waals surface area contributed by atoms with Crippen LogP contribution in [0.15, 0.2) is 71.9 Å². The van der Waals surface area contributed by atoms with Gasteiger partial charge in [0, 0.05) is 16.8 Å². The SMILES string of the molecule is O=C(Nc1ccc(Cl)c(Cl)c1)ON=C1C(=O)c2ccccc2-c2ccccc21. The van der Waals surface area contributed by atoms with Crippen molar-refractivity contribution in [1.29, 1.82) is 0 Å². The average Bonchev–Trinajstić information content (AvgIpc) is 2.71. The summed E-state index contributed by atoms with van der Waals surface area (Å²) in [4.78, 5) is 29.9. The van der Waals surface area contributed by atoms with Crippen LogP contribution in [0.5, 0.6) is 0 Å². The Hall–Kier alpha value is -3.15. The van der Waals surface area contributed by atoms with Crippen molar-refractivity contribution in [3.63, 3.8) is 0 Å². The predicted molar refractivity (Wildman–Crippen MR) is 109 cm³/mol. The fourth-order valence-corrected chi connectivity index (χ4v) is 3.28. The maximum atomic E-state index is 12.9. The molecule has 3 aromatic carbocycles. The number of nitrogens with zero attached hydrogens (tertiary/aromatic N) is 1. The normalized spacial score (nSPS) is 13.6. The molecule has 0 radical (unpaired) electrons. The van der Waals surface area contributed by atoms with E-state index in [0.29, 0.717) is 26.9 Å². The van der Waals surface area contributed by atoms with Crippen LogP contribution in [-0.4, -0.2) is 17.6 Å². The maximum Gasteiger partial charge on any atom is 0.437 e. The molecule has 28 heavy (non-hydrogen) atoms. The standard InChI is InChI=1S/C21H12Cl2N2O3/c22-17-10-9-12(11-18(17)23)24-21(27)28-25-19-15-7-3-1-5-13(15)14-6-2-4-8-16(14)20(19)26/h1-11H,(H,24,27). The van der Waals surface area contributed by atoms with Gasteiger partial charge in [-0.2, -0.15) is 0 Å². The van der Waals surface area contributed by atoms with Crippen molar-refractivity contribution < 1.29 is 14.4 Å². The van der Waals surface area contributed by atoms with Crippen LogP contribution >= 0.6 is 23.2 Å². The second-order valence-electron chi connectivity index (χ2n) is 5.99. The number of oxime groups is 1. The summed E-state index contributed by atoms with van der Waals surface area (Å²) in [7, 11) is 0. The van der Waals surface area contributed by atoms with Gasteiger partial charge in [0.1, 0.15) is 0 Å². The Kier molecular flexibility index (Phi) is 4.86. The van der Waals surface area contributed by atoms with Crippen LogP contribution in [0.1, 0.15) is 15.9 Å². The summed E-state index contributed by atoms with van der Waals surface area (Å²) in [6.45, 7) is 0. The molecule has 0 heterocycles. The number of carbonyl (C=O) groups is 2. The zero-order valence-corrected chi connectivity index (χ0v) is 15.8. The summed E-state index contributed by atoms with van der Waals surface area (Å²) in [5.74, 6) is -0.309. The number of Topliss-reactive ketones (excluding diaryl/α,β-unsaturated/α-hetero) is 1. The monoisotopic (exact) mass is 410 g/mol. The summed E-state index contributed by atoms with van der Waals surface area (Å²) in [5.41, 5.74) is 3.24. The Balaban J connectivity index is 1.61. The molecule has 5 nitrogen and oxygen atoms in total. The highest BCUT2D eigenvalue weighted by atomic mass is 35.5. The molecular formula is C21H12Cl2N2O3. The van der Waals surface area contributed by atoms with Gasteiger partial charge in [0.15, 0.2) is 5.71 Å². The highest BCUT2D eigenvalue weighted by Gasteiger charge is 2.29. The quantitative estimate of drug-likeness (QED) is 0.428. The summed E-state index contributed by atoms with van der Waals surface area (Å²) < 4.78 is 0. The molecule has 0 aliphatic heterocycles. The van der Waals surface area contributed by atoms with E-state index in [9.17, 15) is 9.59 Å². The van der Waals surface area contributed by atoms with E-state index in [0.717, 1.165) is 11.1 Å². The van der Waals surface area contributed by atoms with Gasteiger partial charge in [-0.3, -0.25) is 14.9 Å². The molecule has 0 bridgehead atoms. The molecule has 1 aliphatic rings. The maximum absolute atomic E-state index is 12.9. The summed E-state index contributed by atoms with van der Waals surface area (Å²) in [6, 6.07) is 19.2. The van der Waals surface area contributed by atoms with Crippen molar-refractivity contribution in [2.24, 2.45) is 5.16 Å². The first kappa shape index (κ1) is 18.2. The number of ketones is 1. The number of anilines is 1. The summed E-state index contributed by atoms with van der Waals surface area (Å²) in [6.07, 6.45) is -0.852. The molecule has 4 rings (SSSR count). The lowest BCUT2D eigenvalue weighted by molar-refractivity contribution is 0.106. The van der Waals surface area contributed by atoms with Crippen LogP contribution in [0.3, 0.4) is 0 Å². The van der Waals surface area contributed by atoms with E-state index in [1.165, 1.54) is 6.07 Å². The second-order valence-corrected chi connectivity index (χ2v) is 6.81. The Bertz CT molecular complexity index is 1140. The lowest BCUT2D eigenvalue weighted by Gasteiger charge is -2.19. The predicted octanol–water partition coefficient (Wildman–Crippen LogP) is 5.81. The molecule has 1 N–H and O–H groups in total. The zero-order valence-electron chi connectivity index (χ0n) is 14.3. The Morgan fingerprint density at radius 2 is 1.43 bits per heavy atom. The average molecular weight is 411 g/mol. The highest BCUT2D eigenvalue weighted by molar-refractivity contribution is 6.54. The van der Waals surface area contributed by atoms with Crippen LogP contribution in [0.25, 0.3) is 11.1 Å². The molecule has 0 saturated carbocycles. The molecule has 1 amide bonds. The number of rotatable bonds is 2. The lowest BCUT2D eigenvalue weighted by atomic mass is 9.83. The number of hydrogen-bond donors (Lipinski definition) is 1. The smallest absolute Gasteiger partial charge is 0.297 e. The van der Waals surface area contributed by atoms with Gasteiger partial charge in [-0.05, 0) is 29.3 Å². The van der Waals surface area contributed by atoms with Crippen molar-refractivity contribution in [3.05, 3.63) is 87.9 Å². The van der Waals surface area contributed by atoms with Crippen molar-refractivity contribution >= 4 is 46.5 Å². The third-order valence-corrected chi connectivity index (χ3v) is 4.98. The highest BCUT2D eigenvalue weighted by Crippen LogP contribution is 2.33. The third kappa shape index (κ3) is 3.38. The van der Waals surface area contributed by atoms with E-state index in [1.807, 2.05) is 24.3 Å². The van der Waals surface area contributed by atoms with E-state index in [1.54, 1.807) is 36.4 Å². The molecule has 3 aromatic rings. The number of benzene rings is 3. The Morgan fingerprint density at radius 3 is 2.11 bits per heavy atom. The van der Waals surface area contributed by atoms with Crippen molar-refractivity contribution in [3.8, 4) is 11.1 Å². The number of fused-ring (bicyclic) bond motifs is 3. The van der Waals surface area contributed by atoms with Gasteiger partial charge in [0.05, 0.1) is 10.0 Å². The van der Waals surface area contributed by atoms with Crippen molar-refractivity contribution in [2.75, 3.05) is 5.32 Å². The third-order valence-electron chi connectivity index (χ3n) is 4.24. The Morgan fingerprint density at radius 1 is 0.821 bits per heavy atom. The minimum absolute atomic E-state index is 0.0681. The molecule has 0 spiro atoms. The van der Waals surface area contributed by atoms with Gasteiger partial charge in [0.25, 0.3) is 0 Å². The first-order valence-electron chi connectivity index (χ1n) is 8.29. The molecule has 1 aliphatic carbocycles. The lowest BCUT2D eigenvalue weighted by Crippen LogP contribution is -2.23. The first-order chi connectivity index (χ1) is 13.5. The number of amides is 1. The number of nitrogens with one attached hydrogen (secondary N) is 1. The number of carbonyl (C=O) groups excluding carboxylic acids is 2. The fraction of sp³-hybridized carbons (Fsp3) is 0. The molecule has 0 saturated heterocycles. The van der Waals surface area contributed by atoms with E-state index in [-0.39, 0.29) is 11.5 Å². The van der Waals surface area contributed by atoms with Gasteiger partial charge >= 0.3 is 6.09 Å². The minimum atomic E-state index is -0.852. The molecule has 7 heteroatoms. The molecule has 0 fully saturated rings. The molecule has 0 atom stereocenters. The van der Waals surface area contributed by atoms with Crippen LogP contribution < -0.4 is 5.32 Å². The van der Waals surface area contributed by atoms with Gasteiger partial charge in [-0.1, -0.05) is 76.9 Å². The largest absolute Gasteiger partial charge is 0.437 e. The molecule has 138 valence electrons. The van der Waals surface area contributed by atoms with E-state index < -0.39 is 6.09 Å². The van der Waals surface area contributed by atoms with Gasteiger partial charge < -0.3 is 0 Å². The van der Waals surface area contributed by atoms with Gasteiger partial charge in [-0.25, -0.2) is 4.79 Å². The number of hydrogen-bond acceptors (Lipinski definition) is 4. The minimum Gasteiger partial charge on any atom is -0.297 e. The van der Waals surface area contributed by atoms with Crippen LogP contribution in [0, 0.1) is 0 Å². The van der Waals surface area contributed by atoms with Gasteiger partial charge in [0.2, 0.25) is 5.78 Å². The second kappa shape index (κ2) is 7.46. The van der Waals surface area contributed by atoms with Crippen LogP contribution in [-0.2, 0) is 4.84 Å². The van der Waals surface area contributed by atoms with Crippen LogP contribution in [0.2, 0.25) is 10.0 Å². The van der Waals surface area contributed by atoms with Crippen LogP contribution in [0.4, 0.5) is 10.5 Å². The molecular weight excluding hydrogens is 399 g/mol. The van der Waals surface area contributed by atoms with E-state index >= 15 is 0 Å². The molecule has 0 unspecified atom stereocenters. The zero-order chi connectivity index (χ0) is 19.7. The summed E-state index contributed by atoms with van der Waals surface area (Å²) >= 11 is 11.8. The van der Waals surface area contributed by atoms with E-state index in [2.05, 4.69) is 10.5 Å².